The van der Waals surface area contributed by atoms with Crippen LogP contribution >= 0.6 is 0 Å². The summed E-state index contributed by atoms with van der Waals surface area (Å²) in [4.78, 5) is 11.5. The fourth-order valence-corrected chi connectivity index (χ4v) is 1.27. The average Bonchev–Trinajstić information content (AvgIpc) is 2.14. The van der Waals surface area contributed by atoms with Crippen LogP contribution in [0.25, 0.3) is 0 Å². The van der Waals surface area contributed by atoms with Crippen LogP contribution in [0, 0.1) is 17.8 Å². The first kappa shape index (κ1) is 12.2. The third kappa shape index (κ3) is 5.43. The first-order chi connectivity index (χ1) is 6.26. The molecular weight excluding hydrogens is 162 g/mol. The van der Waals surface area contributed by atoms with E-state index in [0.717, 1.165) is 12.8 Å². The lowest BCUT2D eigenvalue weighted by molar-refractivity contribution is -0.122. The predicted molar refractivity (Wildman–Crippen MR) is 55.1 cm³/mol. The van der Waals surface area contributed by atoms with Crippen molar-refractivity contribution in [3.8, 4) is 11.8 Å². The molecule has 13 heavy (non-hydrogen) atoms. The summed E-state index contributed by atoms with van der Waals surface area (Å²) in [7, 11) is 0. The second-order valence-corrected chi connectivity index (χ2v) is 3.11. The molecule has 2 nitrogen and oxygen atoms in total. The lowest BCUT2D eigenvalue weighted by atomic mass is 9.96. The Bertz CT molecular complexity index is 200. The zero-order valence-electron chi connectivity index (χ0n) is 8.60. The Morgan fingerprint density at radius 1 is 1.54 bits per heavy atom. The molecule has 0 saturated carbocycles. The minimum Gasteiger partial charge on any atom is -0.330 e. The van der Waals surface area contributed by atoms with Crippen LogP contribution in [0.1, 0.15) is 39.5 Å². The predicted octanol–water partition coefficient (Wildman–Crippen LogP) is 1.73. The molecule has 0 aliphatic rings. The Balaban J connectivity index is 3.81. The van der Waals surface area contributed by atoms with E-state index in [1.54, 1.807) is 6.92 Å². The highest BCUT2D eigenvalue weighted by atomic mass is 16.1. The van der Waals surface area contributed by atoms with Crippen LogP contribution in [-0.4, -0.2) is 12.3 Å². The molecule has 0 bridgehead atoms. The van der Waals surface area contributed by atoms with E-state index in [9.17, 15) is 4.79 Å². The highest BCUT2D eigenvalue weighted by Gasteiger charge is 2.14. The highest BCUT2D eigenvalue weighted by molar-refractivity contribution is 5.81. The number of carbonyl (C=O) groups is 1. The van der Waals surface area contributed by atoms with Gasteiger partial charge < -0.3 is 5.73 Å². The summed E-state index contributed by atoms with van der Waals surface area (Å²) in [6, 6.07) is 0. The summed E-state index contributed by atoms with van der Waals surface area (Å²) in [6.07, 6.45) is 3.17. The third-order valence-electron chi connectivity index (χ3n) is 2.05. The molecule has 0 heterocycles. The van der Waals surface area contributed by atoms with E-state index in [-0.39, 0.29) is 11.7 Å². The van der Waals surface area contributed by atoms with E-state index in [2.05, 4.69) is 18.8 Å². The molecule has 2 N–H and O–H groups in total. The van der Waals surface area contributed by atoms with E-state index in [1.165, 1.54) is 0 Å². The number of carbonyl (C=O) groups excluding carboxylic acids is 1. The SMILES string of the molecule is CC#CCCC(=O)C(CN)CCC. The van der Waals surface area contributed by atoms with Crippen LogP contribution in [0.2, 0.25) is 0 Å². The van der Waals surface area contributed by atoms with Gasteiger partial charge in [0.2, 0.25) is 0 Å². The Kier molecular flexibility index (Phi) is 7.33. The Hall–Kier alpha value is -0.810. The smallest absolute Gasteiger partial charge is 0.138 e. The van der Waals surface area contributed by atoms with Crippen molar-refractivity contribution in [1.29, 1.82) is 0 Å². The van der Waals surface area contributed by atoms with Crippen molar-refractivity contribution < 1.29 is 4.79 Å². The molecule has 0 aliphatic carbocycles. The van der Waals surface area contributed by atoms with Crippen LogP contribution in [0.15, 0.2) is 0 Å². The van der Waals surface area contributed by atoms with Gasteiger partial charge in [0.1, 0.15) is 5.78 Å². The summed E-state index contributed by atoms with van der Waals surface area (Å²) in [5.41, 5.74) is 5.51. The first-order valence-electron chi connectivity index (χ1n) is 4.88. The van der Waals surface area contributed by atoms with Gasteiger partial charge in [-0.25, -0.2) is 0 Å². The first-order valence-corrected chi connectivity index (χ1v) is 4.88. The van der Waals surface area contributed by atoms with Gasteiger partial charge in [-0.1, -0.05) is 13.3 Å². The molecule has 0 aromatic rings. The molecule has 0 saturated heterocycles. The number of Topliss-reactive ketones (excluding diaryl/α,β-unsaturated/α-hetero) is 1. The number of nitrogens with two attached hydrogens (primary N) is 1. The van der Waals surface area contributed by atoms with Crippen molar-refractivity contribution in [2.45, 2.75) is 39.5 Å². The van der Waals surface area contributed by atoms with Gasteiger partial charge in [0.15, 0.2) is 0 Å². The number of hydrogen-bond acceptors (Lipinski definition) is 2. The lowest BCUT2D eigenvalue weighted by Crippen LogP contribution is -2.23. The second-order valence-electron chi connectivity index (χ2n) is 3.11. The molecule has 1 unspecified atom stereocenters. The summed E-state index contributed by atoms with van der Waals surface area (Å²) < 4.78 is 0. The summed E-state index contributed by atoms with van der Waals surface area (Å²) in [5, 5.41) is 0. The molecule has 74 valence electrons. The van der Waals surface area contributed by atoms with Gasteiger partial charge in [-0.3, -0.25) is 4.79 Å². The maximum atomic E-state index is 11.5. The summed E-state index contributed by atoms with van der Waals surface area (Å²) in [5.74, 6) is 6.00. The van der Waals surface area contributed by atoms with Crippen LogP contribution in [-0.2, 0) is 4.79 Å². The number of ketones is 1. The van der Waals surface area contributed by atoms with Gasteiger partial charge in [-0.15, -0.1) is 11.8 Å². The van der Waals surface area contributed by atoms with E-state index >= 15 is 0 Å². The zero-order valence-corrected chi connectivity index (χ0v) is 8.60. The second kappa shape index (κ2) is 7.82. The van der Waals surface area contributed by atoms with Gasteiger partial charge >= 0.3 is 0 Å². The third-order valence-corrected chi connectivity index (χ3v) is 2.05. The molecule has 0 aliphatic heterocycles. The number of hydrogen-bond donors (Lipinski definition) is 1. The van der Waals surface area contributed by atoms with Crippen molar-refractivity contribution >= 4 is 5.78 Å². The van der Waals surface area contributed by atoms with Gasteiger partial charge in [0, 0.05) is 25.3 Å². The molecule has 0 spiro atoms. The molecule has 0 aromatic heterocycles. The summed E-state index contributed by atoms with van der Waals surface area (Å²) >= 11 is 0. The van der Waals surface area contributed by atoms with Crippen molar-refractivity contribution in [3.63, 3.8) is 0 Å². The average molecular weight is 181 g/mol. The van der Waals surface area contributed by atoms with Gasteiger partial charge in [0.25, 0.3) is 0 Å². The molecule has 0 aromatic carbocycles. The number of rotatable bonds is 6. The zero-order chi connectivity index (χ0) is 10.1. The van der Waals surface area contributed by atoms with Crippen molar-refractivity contribution in [3.05, 3.63) is 0 Å². The van der Waals surface area contributed by atoms with E-state index in [0.29, 0.717) is 19.4 Å². The molecular formula is C11H19NO. The van der Waals surface area contributed by atoms with E-state index in [1.807, 2.05) is 0 Å². The summed E-state index contributed by atoms with van der Waals surface area (Å²) in [6.45, 7) is 4.34. The largest absolute Gasteiger partial charge is 0.330 e. The maximum absolute atomic E-state index is 11.5. The Morgan fingerprint density at radius 3 is 2.69 bits per heavy atom. The van der Waals surface area contributed by atoms with Crippen molar-refractivity contribution in [1.82, 2.24) is 0 Å². The Morgan fingerprint density at radius 2 is 2.23 bits per heavy atom. The lowest BCUT2D eigenvalue weighted by Gasteiger charge is -2.10. The van der Waals surface area contributed by atoms with Crippen LogP contribution < -0.4 is 5.73 Å². The monoisotopic (exact) mass is 181 g/mol. The highest BCUT2D eigenvalue weighted by Crippen LogP contribution is 2.09. The van der Waals surface area contributed by atoms with E-state index < -0.39 is 0 Å². The normalized spacial score (nSPS) is 11.6. The van der Waals surface area contributed by atoms with Gasteiger partial charge in [0.05, 0.1) is 0 Å². The van der Waals surface area contributed by atoms with E-state index in [4.69, 9.17) is 5.73 Å². The quantitative estimate of drug-likeness (QED) is 0.634. The van der Waals surface area contributed by atoms with Crippen molar-refractivity contribution in [2.75, 3.05) is 6.54 Å². The fraction of sp³-hybridized carbons (Fsp3) is 0.727. The van der Waals surface area contributed by atoms with Crippen LogP contribution in [0.5, 0.6) is 0 Å². The van der Waals surface area contributed by atoms with Gasteiger partial charge in [-0.05, 0) is 13.3 Å². The molecule has 0 radical (unpaired) electrons. The molecule has 0 fully saturated rings. The topological polar surface area (TPSA) is 43.1 Å². The standard InChI is InChI=1S/C11H19NO/c1-3-5-6-8-11(13)10(9-12)7-4-2/h10H,4,6-9,12H2,1-2H3. The Labute approximate surface area is 80.9 Å². The van der Waals surface area contributed by atoms with Crippen molar-refractivity contribution in [2.24, 2.45) is 11.7 Å². The maximum Gasteiger partial charge on any atom is 0.138 e. The minimum atomic E-state index is 0.0589. The molecule has 0 rings (SSSR count). The fourth-order valence-electron chi connectivity index (χ4n) is 1.27. The van der Waals surface area contributed by atoms with Gasteiger partial charge in [-0.2, -0.15) is 0 Å². The molecule has 0 amide bonds. The van der Waals surface area contributed by atoms with Crippen LogP contribution in [0.4, 0.5) is 0 Å². The minimum absolute atomic E-state index is 0.0589. The molecule has 2 heteroatoms. The molecule has 1 atom stereocenters. The van der Waals surface area contributed by atoms with Crippen LogP contribution in [0.3, 0.4) is 0 Å².